The molecular weight excluding hydrogens is 534 g/mol. The average Bonchev–Trinajstić information content (AvgIpc) is 3.22. The van der Waals surface area contributed by atoms with Gasteiger partial charge in [0.05, 0.1) is 0 Å². The van der Waals surface area contributed by atoms with Crippen LogP contribution in [0.3, 0.4) is 0 Å². The Labute approximate surface area is 255 Å². The van der Waals surface area contributed by atoms with Gasteiger partial charge in [0, 0.05) is 80.4 Å². The molecule has 0 unspecified atom stereocenters. The highest BCUT2D eigenvalue weighted by atomic mass is 16.2. The number of hydrogen-bond donors (Lipinski definition) is 1. The van der Waals surface area contributed by atoms with Gasteiger partial charge in [-0.3, -0.25) is 19.5 Å². The summed E-state index contributed by atoms with van der Waals surface area (Å²) in [7, 11) is 2.10. The minimum atomic E-state index is -0.0872. The van der Waals surface area contributed by atoms with Gasteiger partial charge in [0.2, 0.25) is 5.91 Å². The van der Waals surface area contributed by atoms with Crippen LogP contribution in [-0.2, 0) is 31.4 Å². The van der Waals surface area contributed by atoms with E-state index in [0.29, 0.717) is 25.2 Å². The molecule has 3 heterocycles. The fourth-order valence-electron chi connectivity index (χ4n) is 6.38. The van der Waals surface area contributed by atoms with Crippen LogP contribution in [0.2, 0.25) is 0 Å². The molecule has 5 rings (SSSR count). The molecule has 0 radical (unpaired) electrons. The molecule has 0 aliphatic carbocycles. The molecule has 43 heavy (non-hydrogen) atoms. The first-order chi connectivity index (χ1) is 20.8. The van der Waals surface area contributed by atoms with Crippen LogP contribution in [0.25, 0.3) is 10.9 Å². The molecule has 2 amide bonds. The van der Waals surface area contributed by atoms with Crippen LogP contribution in [0.1, 0.15) is 77.3 Å². The second-order valence-electron chi connectivity index (χ2n) is 12.0. The fourth-order valence-corrected chi connectivity index (χ4v) is 6.38. The number of aryl methyl sites for hydroxylation is 2. The maximum absolute atomic E-state index is 13.5. The molecule has 0 fully saturated rings. The number of carbonyl (C=O) groups excluding carboxylic acids is 2. The minimum absolute atomic E-state index is 0.0370. The summed E-state index contributed by atoms with van der Waals surface area (Å²) < 4.78 is 2.24. The van der Waals surface area contributed by atoms with Gasteiger partial charge in [-0.15, -0.1) is 0 Å². The van der Waals surface area contributed by atoms with Crippen LogP contribution >= 0.6 is 0 Å². The van der Waals surface area contributed by atoms with Crippen molar-refractivity contribution < 1.29 is 9.59 Å². The molecule has 2 aromatic carbocycles. The molecule has 1 aliphatic rings. The van der Waals surface area contributed by atoms with Crippen molar-refractivity contribution in [2.75, 3.05) is 24.5 Å². The second-order valence-corrected chi connectivity index (χ2v) is 12.0. The number of fused-ring (bicyclic) bond motifs is 2. The van der Waals surface area contributed by atoms with Gasteiger partial charge < -0.3 is 14.8 Å². The third-order valence-electron chi connectivity index (χ3n) is 8.83. The second kappa shape index (κ2) is 14.0. The molecule has 0 spiro atoms. The summed E-state index contributed by atoms with van der Waals surface area (Å²) in [4.78, 5) is 34.9. The zero-order chi connectivity index (χ0) is 30.3. The molecule has 7 nitrogen and oxygen atoms in total. The molecule has 0 atom stereocenters. The molecular formula is C36H45N5O2. The van der Waals surface area contributed by atoms with Crippen LogP contribution in [-0.4, -0.2) is 45.9 Å². The predicted octanol–water partition coefficient (Wildman–Crippen LogP) is 6.48. The van der Waals surface area contributed by atoms with Crippen molar-refractivity contribution in [2.45, 2.75) is 72.4 Å². The lowest BCUT2D eigenvalue weighted by Gasteiger charge is -2.29. The van der Waals surface area contributed by atoms with Crippen molar-refractivity contribution in [3.05, 3.63) is 94.4 Å². The van der Waals surface area contributed by atoms with Crippen LogP contribution in [0, 0.1) is 13.8 Å². The zero-order valence-corrected chi connectivity index (χ0v) is 26.2. The zero-order valence-electron chi connectivity index (χ0n) is 26.2. The van der Waals surface area contributed by atoms with E-state index >= 15 is 0 Å². The summed E-state index contributed by atoms with van der Waals surface area (Å²) >= 11 is 0. The Bertz CT molecular complexity index is 1580. The van der Waals surface area contributed by atoms with E-state index in [-0.39, 0.29) is 11.8 Å². The summed E-state index contributed by atoms with van der Waals surface area (Å²) in [6.07, 6.45) is 10.0. The SMILES string of the molecule is CC(=O)N1CCCCCCCN(Cc2cccnc2)Cc2cc(C(=O)NCCc3c(C)n(C)c4cc(C)ccc34)ccc21. The van der Waals surface area contributed by atoms with Crippen LogP contribution < -0.4 is 10.2 Å². The first kappa shape index (κ1) is 30.5. The predicted molar refractivity (Wildman–Crippen MR) is 174 cm³/mol. The normalized spacial score (nSPS) is 15.0. The van der Waals surface area contributed by atoms with Crippen LogP contribution in [0.5, 0.6) is 0 Å². The first-order valence-electron chi connectivity index (χ1n) is 15.7. The quantitative estimate of drug-likeness (QED) is 0.284. The van der Waals surface area contributed by atoms with Gasteiger partial charge in [0.15, 0.2) is 0 Å². The summed E-state index contributed by atoms with van der Waals surface area (Å²) in [5.74, 6) is -0.0502. The van der Waals surface area contributed by atoms with E-state index in [9.17, 15) is 9.59 Å². The van der Waals surface area contributed by atoms with Crippen molar-refractivity contribution in [1.82, 2.24) is 19.8 Å². The summed E-state index contributed by atoms with van der Waals surface area (Å²) in [5, 5.41) is 4.42. The number of hydrogen-bond acceptors (Lipinski definition) is 4. The number of rotatable bonds is 6. The van der Waals surface area contributed by atoms with E-state index in [1.54, 1.807) is 13.1 Å². The molecule has 0 saturated carbocycles. The summed E-state index contributed by atoms with van der Waals surface area (Å²) in [5.41, 5.74) is 8.67. The number of nitrogens with one attached hydrogen (secondary N) is 1. The maximum Gasteiger partial charge on any atom is 0.251 e. The lowest BCUT2D eigenvalue weighted by atomic mass is 10.0. The number of carbonyl (C=O) groups is 2. The Morgan fingerprint density at radius 1 is 0.953 bits per heavy atom. The van der Waals surface area contributed by atoms with Gasteiger partial charge in [0.1, 0.15) is 0 Å². The number of aromatic nitrogens is 2. The topological polar surface area (TPSA) is 70.5 Å². The standard InChI is InChI=1S/C36H45N5O2/c1-26-12-14-33-32(27(2)39(4)35(33)21-26)16-18-38-36(43)30-13-15-34-31(22-30)25-40(24-29-11-10-17-37-23-29)19-8-6-5-7-9-20-41(34)28(3)42/h10-15,17,21-23H,5-9,16,18-20,24-25H2,1-4H3,(H,38,43). The minimum Gasteiger partial charge on any atom is -0.352 e. The van der Waals surface area contributed by atoms with Gasteiger partial charge in [0.25, 0.3) is 5.91 Å². The lowest BCUT2D eigenvalue weighted by molar-refractivity contribution is -0.116. The van der Waals surface area contributed by atoms with Gasteiger partial charge in [-0.1, -0.05) is 37.5 Å². The summed E-state index contributed by atoms with van der Waals surface area (Å²) in [6.45, 7) is 9.53. The molecule has 7 heteroatoms. The van der Waals surface area contributed by atoms with Crippen molar-refractivity contribution in [1.29, 1.82) is 0 Å². The Morgan fingerprint density at radius 3 is 2.51 bits per heavy atom. The van der Waals surface area contributed by atoms with Gasteiger partial charge >= 0.3 is 0 Å². The fraction of sp³-hybridized carbons (Fsp3) is 0.417. The highest BCUT2D eigenvalue weighted by Gasteiger charge is 2.21. The number of nitrogens with zero attached hydrogens (tertiary/aromatic N) is 4. The third-order valence-corrected chi connectivity index (χ3v) is 8.83. The third kappa shape index (κ3) is 7.34. The summed E-state index contributed by atoms with van der Waals surface area (Å²) in [6, 6.07) is 16.5. The van der Waals surface area contributed by atoms with Crippen LogP contribution in [0.15, 0.2) is 60.9 Å². The molecule has 1 N–H and O–H groups in total. The lowest BCUT2D eigenvalue weighted by Crippen LogP contribution is -2.33. The van der Waals surface area contributed by atoms with E-state index < -0.39 is 0 Å². The van der Waals surface area contributed by atoms with Crippen molar-refractivity contribution in [3.63, 3.8) is 0 Å². The number of benzene rings is 2. The van der Waals surface area contributed by atoms with E-state index in [0.717, 1.165) is 55.6 Å². The molecule has 0 saturated heterocycles. The Kier molecular flexibility index (Phi) is 9.93. The molecule has 226 valence electrons. The monoisotopic (exact) mass is 579 g/mol. The first-order valence-corrected chi connectivity index (χ1v) is 15.7. The molecule has 1 aliphatic heterocycles. The molecule has 4 aromatic rings. The van der Waals surface area contributed by atoms with E-state index in [2.05, 4.69) is 64.9 Å². The van der Waals surface area contributed by atoms with E-state index in [4.69, 9.17) is 0 Å². The highest BCUT2D eigenvalue weighted by molar-refractivity contribution is 5.97. The van der Waals surface area contributed by atoms with Crippen LogP contribution in [0.4, 0.5) is 5.69 Å². The average molecular weight is 580 g/mol. The Balaban J connectivity index is 1.38. The molecule has 0 bridgehead atoms. The molecule has 2 aromatic heterocycles. The van der Waals surface area contributed by atoms with E-state index in [1.807, 2.05) is 35.4 Å². The maximum atomic E-state index is 13.5. The number of amides is 2. The van der Waals surface area contributed by atoms with E-state index in [1.165, 1.54) is 40.6 Å². The highest BCUT2D eigenvalue weighted by Crippen LogP contribution is 2.28. The smallest absolute Gasteiger partial charge is 0.251 e. The van der Waals surface area contributed by atoms with Gasteiger partial charge in [-0.25, -0.2) is 0 Å². The van der Waals surface area contributed by atoms with Gasteiger partial charge in [-0.2, -0.15) is 0 Å². The van der Waals surface area contributed by atoms with Gasteiger partial charge in [-0.05, 0) is 92.2 Å². The van der Waals surface area contributed by atoms with Crippen molar-refractivity contribution in [3.8, 4) is 0 Å². The largest absolute Gasteiger partial charge is 0.352 e. The number of anilines is 1. The van der Waals surface area contributed by atoms with Crippen molar-refractivity contribution in [2.24, 2.45) is 7.05 Å². The number of pyridine rings is 1. The van der Waals surface area contributed by atoms with Crippen molar-refractivity contribution >= 4 is 28.4 Å². The Morgan fingerprint density at radius 2 is 1.74 bits per heavy atom. The Hall–Kier alpha value is -3.97.